The van der Waals surface area contributed by atoms with Crippen molar-refractivity contribution in [1.29, 1.82) is 0 Å². The van der Waals surface area contributed by atoms with Gasteiger partial charge in [-0.25, -0.2) is 0 Å². The van der Waals surface area contributed by atoms with Gasteiger partial charge in [0.15, 0.2) is 35.7 Å². The van der Waals surface area contributed by atoms with Crippen LogP contribution >= 0.6 is 0 Å². The summed E-state index contributed by atoms with van der Waals surface area (Å²) < 4.78 is 36.3. The molecule has 2 heterocycles. The highest BCUT2D eigenvalue weighted by molar-refractivity contribution is 6.32. The van der Waals surface area contributed by atoms with Gasteiger partial charge in [-0.2, -0.15) is 0 Å². The van der Waals surface area contributed by atoms with Crippen LogP contribution in [-0.2, 0) is 54.5 Å². The highest BCUT2D eigenvalue weighted by Crippen LogP contribution is 2.55. The molecule has 442 valence electrons. The summed E-state index contributed by atoms with van der Waals surface area (Å²) in [5.41, 5.74) is -4.83. The van der Waals surface area contributed by atoms with Crippen LogP contribution in [0.4, 0.5) is 0 Å². The molecule has 0 amide bonds. The Morgan fingerprint density at radius 3 is 1.37 bits per heavy atom. The zero-order valence-electron chi connectivity index (χ0n) is 47.2. The fraction of sp³-hybridized carbons (Fsp3) is 0.429. The van der Waals surface area contributed by atoms with Crippen molar-refractivity contribution in [3.63, 3.8) is 0 Å². The second-order valence-electron chi connectivity index (χ2n) is 23.1. The van der Waals surface area contributed by atoms with E-state index < -0.39 is 153 Å². The third-order valence-corrected chi connectivity index (χ3v) is 18.1. The summed E-state index contributed by atoms with van der Waals surface area (Å²) in [7, 11) is 2.67. The number of Topliss-reactive ketones (excluding diaryl/α,β-unsaturated/α-hetero) is 2. The first kappa shape index (κ1) is 58.3. The van der Waals surface area contributed by atoms with Crippen LogP contribution in [0, 0.1) is 5.92 Å². The first-order valence-corrected chi connectivity index (χ1v) is 27.9. The quantitative estimate of drug-likeness (QED) is 0.0623. The van der Waals surface area contributed by atoms with Gasteiger partial charge in [-0.3, -0.25) is 28.8 Å². The van der Waals surface area contributed by atoms with Gasteiger partial charge in [0.25, 0.3) is 0 Å². The van der Waals surface area contributed by atoms with Gasteiger partial charge in [-0.15, -0.1) is 0 Å². The molecule has 8 unspecified atom stereocenters. The molecular formula is C63H66N2O19. The van der Waals surface area contributed by atoms with Crippen molar-refractivity contribution >= 4 is 34.7 Å². The predicted octanol–water partition coefficient (Wildman–Crippen LogP) is 5.31. The number of ether oxygens (including phenoxy) is 6. The van der Waals surface area contributed by atoms with Crippen LogP contribution in [0.3, 0.4) is 0 Å². The minimum Gasteiger partial charge on any atom is -0.507 e. The standard InChI is InChI=1S/C63H66N2O19/c1-26-27(2)81-43(83-41-22-62(77,29(4)66)20-35-47(41)60(75)51-49(56(35)71)54(69)33-10-8-12-39(79-6)45(33)58(51)73)18-37(26)64-24-31-14-16-32(17-15-31)25-65-38-19-44(82-28(3)53(38)68)84-42-23-63(78,30(5)67)21-36-48(42)61(76)52-50(57(36)72)55(70)34-11-9-13-40(80-7)46(34)59(52)74/h8-17,26-28,37-38,41-44,53,64-65,68,71-72,75-78H,18-25H2,1-7H3/t26?,27?,28?,37?,38?,41-,42-,43?,44?,53?,62-,63-/m0/s1. The van der Waals surface area contributed by atoms with Gasteiger partial charge in [-0.05, 0) is 56.9 Å². The zero-order chi connectivity index (χ0) is 60.2. The number of phenols is 4. The van der Waals surface area contributed by atoms with Crippen molar-refractivity contribution in [2.45, 2.75) is 153 Å². The van der Waals surface area contributed by atoms with Crippen molar-refractivity contribution in [2.24, 2.45) is 5.92 Å². The van der Waals surface area contributed by atoms with E-state index in [9.17, 15) is 64.5 Å². The maximum Gasteiger partial charge on any atom is 0.202 e. The van der Waals surface area contributed by atoms with E-state index in [1.807, 2.05) is 38.1 Å². The lowest BCUT2D eigenvalue weighted by atomic mass is 9.72. The fourth-order valence-corrected chi connectivity index (χ4v) is 13.1. The first-order chi connectivity index (χ1) is 39.9. The highest BCUT2D eigenvalue weighted by Gasteiger charge is 2.52. The topological polar surface area (TPSA) is 323 Å². The second kappa shape index (κ2) is 21.9. The van der Waals surface area contributed by atoms with E-state index in [0.29, 0.717) is 13.1 Å². The largest absolute Gasteiger partial charge is 0.507 e. The Labute approximate surface area is 482 Å². The first-order valence-electron chi connectivity index (χ1n) is 27.9. The molecule has 0 saturated carbocycles. The highest BCUT2D eigenvalue weighted by atomic mass is 16.7. The maximum atomic E-state index is 14.2. The predicted molar refractivity (Wildman–Crippen MR) is 296 cm³/mol. The van der Waals surface area contributed by atoms with Gasteiger partial charge in [0.2, 0.25) is 11.6 Å². The van der Waals surface area contributed by atoms with Crippen molar-refractivity contribution in [3.8, 4) is 34.5 Å². The smallest absolute Gasteiger partial charge is 0.202 e. The summed E-state index contributed by atoms with van der Waals surface area (Å²) in [6, 6.07) is 15.8. The van der Waals surface area contributed by atoms with Crippen molar-refractivity contribution < 1.29 is 92.9 Å². The van der Waals surface area contributed by atoms with E-state index in [0.717, 1.165) is 11.1 Å². The average molecular weight is 1160 g/mol. The van der Waals surface area contributed by atoms with E-state index in [-0.39, 0.29) is 93.3 Å². The number of ketones is 6. The molecule has 6 aliphatic rings. The Kier molecular flexibility index (Phi) is 15.2. The van der Waals surface area contributed by atoms with Gasteiger partial charge >= 0.3 is 0 Å². The Balaban J connectivity index is 0.763. The number of aliphatic hydroxyl groups is 3. The van der Waals surface area contributed by atoms with Gasteiger partial charge < -0.3 is 74.8 Å². The van der Waals surface area contributed by atoms with Crippen molar-refractivity contribution in [1.82, 2.24) is 10.6 Å². The minimum absolute atomic E-state index is 0.0372. The molecule has 2 aliphatic heterocycles. The number of aromatic hydroxyl groups is 4. The molecule has 84 heavy (non-hydrogen) atoms. The number of methoxy groups -OCH3 is 2. The van der Waals surface area contributed by atoms with Gasteiger partial charge in [0, 0.05) is 97.1 Å². The lowest BCUT2D eigenvalue weighted by Gasteiger charge is -2.43. The molecule has 4 aliphatic carbocycles. The van der Waals surface area contributed by atoms with E-state index in [1.165, 1.54) is 64.5 Å². The molecule has 0 aromatic heterocycles. The number of rotatable bonds is 14. The van der Waals surface area contributed by atoms with Crippen LogP contribution in [0.1, 0.15) is 170 Å². The molecule has 0 radical (unpaired) electrons. The summed E-state index contributed by atoms with van der Waals surface area (Å²) in [4.78, 5) is 82.3. The summed E-state index contributed by atoms with van der Waals surface area (Å²) >= 11 is 0. The van der Waals surface area contributed by atoms with Gasteiger partial charge in [0.1, 0.15) is 45.7 Å². The molecular weight excluding hydrogens is 1090 g/mol. The fourth-order valence-electron chi connectivity index (χ4n) is 13.1. The van der Waals surface area contributed by atoms with Crippen LogP contribution < -0.4 is 20.1 Å². The molecule has 2 fully saturated rings. The number of fused-ring (bicyclic) bond motifs is 6. The lowest BCUT2D eigenvalue weighted by Crippen LogP contribution is -2.54. The van der Waals surface area contributed by atoms with Crippen molar-refractivity contribution in [3.05, 3.63) is 139 Å². The maximum absolute atomic E-state index is 14.2. The van der Waals surface area contributed by atoms with Crippen LogP contribution in [0.15, 0.2) is 60.7 Å². The Bertz CT molecular complexity index is 3370. The lowest BCUT2D eigenvalue weighted by molar-refractivity contribution is -0.249. The van der Waals surface area contributed by atoms with Gasteiger partial charge in [0.05, 0.1) is 78.1 Å². The van der Waals surface area contributed by atoms with Crippen molar-refractivity contribution in [2.75, 3.05) is 14.2 Å². The molecule has 5 aromatic rings. The zero-order valence-corrected chi connectivity index (χ0v) is 47.2. The summed E-state index contributed by atoms with van der Waals surface area (Å²) in [5, 5.41) is 89.4. The van der Waals surface area contributed by atoms with Crippen LogP contribution in [0.5, 0.6) is 34.5 Å². The summed E-state index contributed by atoms with van der Waals surface area (Å²) in [6.45, 7) is 8.64. The summed E-state index contributed by atoms with van der Waals surface area (Å²) in [5.74, 6) is -6.77. The van der Waals surface area contributed by atoms with Crippen LogP contribution in [0.25, 0.3) is 0 Å². The number of carbonyl (C=O) groups is 6. The number of aliphatic hydroxyl groups excluding tert-OH is 1. The SMILES string of the molecule is COc1cccc2c1C(=O)c1c(O)c3c(c(O)c1C2=O)C[C@@](O)(C(C)=O)C[C@@H]3OC1CC(NCc2ccc(CNC3CC(O[C@H]4C[C@](O)(C(C)=O)Cc5c(O)c6c(c(O)c54)C(=O)c4c(OC)cccc4C6=O)OC(C)C3O)cc2)C(C)C(C)O1. The van der Waals surface area contributed by atoms with E-state index in [1.54, 1.807) is 6.92 Å². The molecule has 11 rings (SSSR count). The Morgan fingerprint density at radius 1 is 0.560 bits per heavy atom. The molecule has 5 aromatic carbocycles. The third kappa shape index (κ3) is 9.64. The number of carbonyl (C=O) groups excluding carboxylic acids is 6. The van der Waals surface area contributed by atoms with E-state index in [2.05, 4.69) is 10.6 Å². The van der Waals surface area contributed by atoms with Crippen LogP contribution in [0.2, 0.25) is 0 Å². The monoisotopic (exact) mass is 1150 g/mol. The summed E-state index contributed by atoms with van der Waals surface area (Å²) in [6.07, 6.45) is -8.25. The second-order valence-corrected chi connectivity index (χ2v) is 23.1. The molecule has 0 spiro atoms. The normalized spacial score (nSPS) is 28.7. The average Bonchev–Trinajstić information content (AvgIpc) is 1.06. The molecule has 21 nitrogen and oxygen atoms in total. The van der Waals surface area contributed by atoms with Gasteiger partial charge in [-0.1, -0.05) is 55.5 Å². The molecule has 0 bridgehead atoms. The Morgan fingerprint density at radius 2 is 0.952 bits per heavy atom. The number of hydrogen-bond donors (Lipinski definition) is 9. The number of nitrogens with one attached hydrogen (secondary N) is 2. The number of phenolic OH excluding ortho intramolecular Hbond substituents is 4. The minimum atomic E-state index is -2.11. The van der Waals surface area contributed by atoms with E-state index >= 15 is 0 Å². The van der Waals surface area contributed by atoms with Crippen LogP contribution in [-0.4, -0.2) is 139 Å². The number of hydrogen-bond acceptors (Lipinski definition) is 21. The molecule has 12 atom stereocenters. The van der Waals surface area contributed by atoms with E-state index in [4.69, 9.17) is 28.4 Å². The molecule has 9 N–H and O–H groups in total. The third-order valence-electron chi connectivity index (χ3n) is 18.1. The molecule has 2 saturated heterocycles. The molecule has 21 heteroatoms. The Hall–Kier alpha value is -7.44. The number of benzene rings is 5.